The Hall–Kier alpha value is -0.880. The van der Waals surface area contributed by atoms with Crippen molar-refractivity contribution in [3.8, 4) is 0 Å². The average Bonchev–Trinajstić information content (AvgIpc) is 1.94. The first-order valence-corrected chi connectivity index (χ1v) is 3.56. The molecule has 0 atom stereocenters. The average molecular weight is 222 g/mol. The van der Waals surface area contributed by atoms with Gasteiger partial charge in [0.15, 0.2) is 5.57 Å². The Morgan fingerprint density at radius 1 is 1.00 bits per heavy atom. The summed E-state index contributed by atoms with van der Waals surface area (Å²) in [6.45, 7) is 1.15. The van der Waals surface area contributed by atoms with E-state index in [1.54, 1.807) is 0 Å². The molecule has 0 aliphatic carbocycles. The van der Waals surface area contributed by atoms with Crippen molar-refractivity contribution in [2.24, 2.45) is 0 Å². The molecular formula is C7H8F6O. The molecule has 0 unspecified atom stereocenters. The molecule has 1 nitrogen and oxygen atoms in total. The molecule has 0 rings (SSSR count). The molecule has 0 amide bonds. The van der Waals surface area contributed by atoms with Crippen molar-refractivity contribution >= 4 is 0 Å². The lowest BCUT2D eigenvalue weighted by Crippen LogP contribution is -2.28. The first kappa shape index (κ1) is 13.1. The van der Waals surface area contributed by atoms with Gasteiger partial charge in [-0.3, -0.25) is 0 Å². The third-order valence-corrected chi connectivity index (χ3v) is 1.41. The molecule has 0 fully saturated rings. The highest BCUT2D eigenvalue weighted by atomic mass is 19.4. The molecule has 0 N–H and O–H groups in total. The van der Waals surface area contributed by atoms with E-state index in [-0.39, 0.29) is 0 Å². The second-order valence-corrected chi connectivity index (χ2v) is 2.35. The maximum atomic E-state index is 12.0. The molecular weight excluding hydrogens is 214 g/mol. The minimum Gasteiger partial charge on any atom is -0.500 e. The van der Waals surface area contributed by atoms with Gasteiger partial charge < -0.3 is 4.74 Å². The van der Waals surface area contributed by atoms with Gasteiger partial charge in [0, 0.05) is 6.42 Å². The maximum Gasteiger partial charge on any atom is 0.424 e. The lowest BCUT2D eigenvalue weighted by atomic mass is 10.2. The fraction of sp³-hybridized carbons (Fsp3) is 0.714. The van der Waals surface area contributed by atoms with Crippen LogP contribution >= 0.6 is 0 Å². The van der Waals surface area contributed by atoms with Crippen LogP contribution in [-0.2, 0) is 4.74 Å². The molecule has 0 aromatic rings. The summed E-state index contributed by atoms with van der Waals surface area (Å²) in [5.74, 6) is -1.11. The fourth-order valence-corrected chi connectivity index (χ4v) is 0.900. The molecule has 84 valence electrons. The summed E-state index contributed by atoms with van der Waals surface area (Å²) in [5, 5.41) is 0. The van der Waals surface area contributed by atoms with Crippen molar-refractivity contribution in [3.05, 3.63) is 11.3 Å². The Kier molecular flexibility index (Phi) is 3.84. The van der Waals surface area contributed by atoms with E-state index in [2.05, 4.69) is 4.74 Å². The van der Waals surface area contributed by atoms with E-state index in [1.807, 2.05) is 0 Å². The quantitative estimate of drug-likeness (QED) is 0.513. The topological polar surface area (TPSA) is 9.23 Å². The summed E-state index contributed by atoms with van der Waals surface area (Å²) in [5.41, 5.74) is -2.57. The summed E-state index contributed by atoms with van der Waals surface area (Å²) in [7, 11) is 0.774. The van der Waals surface area contributed by atoms with Gasteiger partial charge in [-0.2, -0.15) is 26.3 Å². The van der Waals surface area contributed by atoms with Crippen molar-refractivity contribution in [1.29, 1.82) is 0 Å². The minimum atomic E-state index is -5.44. The molecule has 0 radical (unpaired) electrons. The van der Waals surface area contributed by atoms with Crippen LogP contribution in [0.1, 0.15) is 13.3 Å². The number of alkyl halides is 6. The molecule has 0 aliphatic heterocycles. The zero-order chi connectivity index (χ0) is 11.6. The first-order chi connectivity index (χ1) is 6.14. The highest BCUT2D eigenvalue weighted by Gasteiger charge is 2.53. The predicted molar refractivity (Wildman–Crippen MR) is 36.4 cm³/mol. The van der Waals surface area contributed by atoms with Gasteiger partial charge in [0.25, 0.3) is 0 Å². The Morgan fingerprint density at radius 3 is 1.43 bits per heavy atom. The van der Waals surface area contributed by atoms with Crippen molar-refractivity contribution in [1.82, 2.24) is 0 Å². The van der Waals surface area contributed by atoms with Gasteiger partial charge in [0.05, 0.1) is 7.11 Å². The predicted octanol–water partition coefficient (Wildman–Crippen LogP) is 3.42. The van der Waals surface area contributed by atoms with Gasteiger partial charge in [-0.05, 0) is 0 Å². The van der Waals surface area contributed by atoms with Crippen LogP contribution < -0.4 is 0 Å². The molecule has 0 aromatic heterocycles. The van der Waals surface area contributed by atoms with Crippen LogP contribution in [0.15, 0.2) is 11.3 Å². The number of hydrogen-bond acceptors (Lipinski definition) is 1. The molecule has 0 bridgehead atoms. The SMILES string of the molecule is CCC(OC)=C(C(F)(F)F)C(F)(F)F. The van der Waals surface area contributed by atoms with E-state index in [9.17, 15) is 26.3 Å². The molecule has 7 heteroatoms. The van der Waals surface area contributed by atoms with E-state index >= 15 is 0 Å². The summed E-state index contributed by atoms with van der Waals surface area (Å²) in [4.78, 5) is 0. The molecule has 0 aliphatic rings. The van der Waals surface area contributed by atoms with Crippen LogP contribution in [0.4, 0.5) is 26.3 Å². The van der Waals surface area contributed by atoms with E-state index in [0.717, 1.165) is 14.0 Å². The lowest BCUT2D eigenvalue weighted by molar-refractivity contribution is -0.176. The Morgan fingerprint density at radius 2 is 1.36 bits per heavy atom. The summed E-state index contributed by atoms with van der Waals surface area (Å²) in [6, 6.07) is 0. The number of allylic oxidation sites excluding steroid dienone is 2. The normalized spacial score (nSPS) is 12.6. The number of halogens is 6. The zero-order valence-electron chi connectivity index (χ0n) is 7.38. The molecule has 0 spiro atoms. The molecule has 0 heterocycles. The van der Waals surface area contributed by atoms with Crippen molar-refractivity contribution in [2.45, 2.75) is 25.7 Å². The van der Waals surface area contributed by atoms with Crippen LogP contribution in [-0.4, -0.2) is 19.5 Å². The smallest absolute Gasteiger partial charge is 0.424 e. The molecule has 0 saturated heterocycles. The summed E-state index contributed by atoms with van der Waals surface area (Å²) >= 11 is 0. The van der Waals surface area contributed by atoms with E-state index in [0.29, 0.717) is 0 Å². The second kappa shape index (κ2) is 4.10. The first-order valence-electron chi connectivity index (χ1n) is 3.56. The monoisotopic (exact) mass is 222 g/mol. The van der Waals surface area contributed by atoms with Crippen molar-refractivity contribution in [3.63, 3.8) is 0 Å². The van der Waals surface area contributed by atoms with Crippen molar-refractivity contribution < 1.29 is 31.1 Å². The highest BCUT2D eigenvalue weighted by molar-refractivity contribution is 5.19. The van der Waals surface area contributed by atoms with E-state index < -0.39 is 30.1 Å². The Labute approximate surface area is 76.3 Å². The lowest BCUT2D eigenvalue weighted by Gasteiger charge is -2.18. The summed E-state index contributed by atoms with van der Waals surface area (Å²) < 4.78 is 75.9. The molecule has 0 saturated carbocycles. The van der Waals surface area contributed by atoms with Crippen LogP contribution in [0.2, 0.25) is 0 Å². The van der Waals surface area contributed by atoms with Crippen LogP contribution in [0.25, 0.3) is 0 Å². The van der Waals surface area contributed by atoms with Crippen LogP contribution in [0.5, 0.6) is 0 Å². The zero-order valence-corrected chi connectivity index (χ0v) is 7.38. The van der Waals surface area contributed by atoms with Gasteiger partial charge >= 0.3 is 12.4 Å². The van der Waals surface area contributed by atoms with E-state index in [1.165, 1.54) is 0 Å². The number of rotatable bonds is 2. The van der Waals surface area contributed by atoms with Crippen LogP contribution in [0, 0.1) is 0 Å². The number of hydrogen-bond donors (Lipinski definition) is 0. The Balaban J connectivity index is 5.42. The number of ether oxygens (including phenoxy) is 1. The van der Waals surface area contributed by atoms with Gasteiger partial charge in [-0.15, -0.1) is 0 Å². The largest absolute Gasteiger partial charge is 0.500 e. The van der Waals surface area contributed by atoms with Crippen molar-refractivity contribution in [2.75, 3.05) is 7.11 Å². The third kappa shape index (κ3) is 3.12. The third-order valence-electron chi connectivity index (χ3n) is 1.41. The highest BCUT2D eigenvalue weighted by Crippen LogP contribution is 2.41. The minimum absolute atomic E-state index is 0.467. The summed E-state index contributed by atoms with van der Waals surface area (Å²) in [6.07, 6.45) is -11.4. The van der Waals surface area contributed by atoms with Gasteiger partial charge in [0.1, 0.15) is 5.76 Å². The van der Waals surface area contributed by atoms with Gasteiger partial charge in [-0.25, -0.2) is 0 Å². The Bertz CT molecular complexity index is 201. The van der Waals surface area contributed by atoms with Gasteiger partial charge in [-0.1, -0.05) is 6.92 Å². The van der Waals surface area contributed by atoms with E-state index in [4.69, 9.17) is 0 Å². The molecule has 0 aromatic carbocycles. The standard InChI is InChI=1S/C7H8F6O/c1-3-4(14-2)5(6(8,9)10)7(11,12)13/h3H2,1-2H3. The number of methoxy groups -OCH3 is 1. The second-order valence-electron chi connectivity index (χ2n) is 2.35. The molecule has 14 heavy (non-hydrogen) atoms. The van der Waals surface area contributed by atoms with Crippen LogP contribution in [0.3, 0.4) is 0 Å². The van der Waals surface area contributed by atoms with Gasteiger partial charge in [0.2, 0.25) is 0 Å². The maximum absolute atomic E-state index is 12.0. The fourth-order valence-electron chi connectivity index (χ4n) is 0.900.